The summed E-state index contributed by atoms with van der Waals surface area (Å²) in [5.74, 6) is -1.08. The van der Waals surface area contributed by atoms with Gasteiger partial charge in [0.25, 0.3) is 5.91 Å². The molecule has 0 heterocycles. The van der Waals surface area contributed by atoms with Gasteiger partial charge in [0, 0.05) is 11.3 Å². The van der Waals surface area contributed by atoms with Gasteiger partial charge in [-0.3, -0.25) is 4.79 Å². The molecule has 0 unspecified atom stereocenters. The first kappa shape index (κ1) is 16.4. The van der Waals surface area contributed by atoms with Crippen LogP contribution in [0.4, 0.5) is 14.5 Å². The van der Waals surface area contributed by atoms with Crippen molar-refractivity contribution in [3.8, 4) is 5.75 Å². The van der Waals surface area contributed by atoms with Crippen molar-refractivity contribution in [1.29, 1.82) is 0 Å². The van der Waals surface area contributed by atoms with Gasteiger partial charge in [0.1, 0.15) is 5.75 Å². The number of hydrogen-bond donors (Lipinski definition) is 1. The molecule has 0 aliphatic carbocycles. The van der Waals surface area contributed by atoms with E-state index >= 15 is 0 Å². The van der Waals surface area contributed by atoms with Crippen molar-refractivity contribution in [3.05, 3.63) is 59.7 Å². The van der Waals surface area contributed by atoms with Gasteiger partial charge in [-0.15, -0.1) is 0 Å². The van der Waals surface area contributed by atoms with Crippen LogP contribution in [0.15, 0.2) is 48.5 Å². The van der Waals surface area contributed by atoms with E-state index in [9.17, 15) is 18.4 Å². The fourth-order valence-electron chi connectivity index (χ4n) is 1.82. The second kappa shape index (κ2) is 7.35. The van der Waals surface area contributed by atoms with Crippen LogP contribution in [0.25, 0.3) is 0 Å². The van der Waals surface area contributed by atoms with Crippen LogP contribution in [0, 0.1) is 0 Å². The lowest BCUT2D eigenvalue weighted by Crippen LogP contribution is -2.12. The van der Waals surface area contributed by atoms with E-state index in [4.69, 9.17) is 0 Å². The zero-order chi connectivity index (χ0) is 16.8. The number of halogens is 2. The Kier molecular flexibility index (Phi) is 5.24. The minimum Gasteiger partial charge on any atom is -0.465 e. The van der Waals surface area contributed by atoms with E-state index in [-0.39, 0.29) is 11.3 Å². The molecule has 0 radical (unpaired) electrons. The van der Waals surface area contributed by atoms with Crippen LogP contribution in [-0.4, -0.2) is 25.6 Å². The molecule has 0 bridgehead atoms. The van der Waals surface area contributed by atoms with Crippen molar-refractivity contribution in [2.75, 3.05) is 12.4 Å². The van der Waals surface area contributed by atoms with Crippen molar-refractivity contribution in [3.63, 3.8) is 0 Å². The van der Waals surface area contributed by atoms with Crippen molar-refractivity contribution in [2.45, 2.75) is 6.61 Å². The summed E-state index contributed by atoms with van der Waals surface area (Å²) in [6, 6.07) is 11.5. The Morgan fingerprint density at radius 1 is 1.04 bits per heavy atom. The Morgan fingerprint density at radius 2 is 1.74 bits per heavy atom. The van der Waals surface area contributed by atoms with Gasteiger partial charge in [-0.25, -0.2) is 4.79 Å². The Morgan fingerprint density at radius 3 is 2.35 bits per heavy atom. The highest BCUT2D eigenvalue weighted by atomic mass is 19.3. The molecule has 0 atom stereocenters. The smallest absolute Gasteiger partial charge is 0.387 e. The Balaban J connectivity index is 2.08. The first-order chi connectivity index (χ1) is 11.0. The van der Waals surface area contributed by atoms with Gasteiger partial charge in [-0.05, 0) is 42.5 Å². The number of methoxy groups -OCH3 is 1. The fourth-order valence-corrected chi connectivity index (χ4v) is 1.82. The number of carbonyl (C=O) groups is 2. The maximum absolute atomic E-state index is 12.2. The molecule has 0 aromatic heterocycles. The summed E-state index contributed by atoms with van der Waals surface area (Å²) in [7, 11) is 1.27. The van der Waals surface area contributed by atoms with Crippen LogP contribution < -0.4 is 10.1 Å². The molecule has 0 spiro atoms. The maximum atomic E-state index is 12.2. The third kappa shape index (κ3) is 4.50. The monoisotopic (exact) mass is 321 g/mol. The molecule has 2 rings (SSSR count). The third-order valence-corrected chi connectivity index (χ3v) is 2.89. The van der Waals surface area contributed by atoms with Gasteiger partial charge >= 0.3 is 12.6 Å². The SMILES string of the molecule is COC(=O)c1ccc(NC(=O)c2cccc(OC(F)F)c2)cc1. The maximum Gasteiger partial charge on any atom is 0.387 e. The minimum absolute atomic E-state index is 0.103. The number of anilines is 1. The number of benzene rings is 2. The molecule has 1 amide bonds. The fraction of sp³-hybridized carbons (Fsp3) is 0.125. The molecular weight excluding hydrogens is 308 g/mol. The minimum atomic E-state index is -2.96. The first-order valence-corrected chi connectivity index (χ1v) is 6.54. The molecule has 0 aliphatic heterocycles. The van der Waals surface area contributed by atoms with Crippen molar-refractivity contribution < 1.29 is 27.8 Å². The number of carbonyl (C=O) groups excluding carboxylic acids is 2. The number of esters is 1. The number of amides is 1. The van der Waals surface area contributed by atoms with Crippen LogP contribution in [0.3, 0.4) is 0 Å². The summed E-state index contributed by atoms with van der Waals surface area (Å²) < 4.78 is 33.2. The summed E-state index contributed by atoms with van der Waals surface area (Å²) in [6.07, 6.45) is 0. The molecule has 2 aromatic rings. The molecule has 0 aliphatic rings. The summed E-state index contributed by atoms with van der Waals surface area (Å²) >= 11 is 0. The van der Waals surface area contributed by atoms with Gasteiger partial charge in [0.15, 0.2) is 0 Å². The second-order valence-corrected chi connectivity index (χ2v) is 4.43. The normalized spacial score (nSPS) is 10.3. The summed E-state index contributed by atoms with van der Waals surface area (Å²) in [6.45, 7) is -2.96. The average Bonchev–Trinajstić information content (AvgIpc) is 2.54. The zero-order valence-electron chi connectivity index (χ0n) is 12.1. The van der Waals surface area contributed by atoms with E-state index in [2.05, 4.69) is 14.8 Å². The largest absolute Gasteiger partial charge is 0.465 e. The third-order valence-electron chi connectivity index (χ3n) is 2.89. The van der Waals surface area contributed by atoms with Gasteiger partial charge < -0.3 is 14.8 Å². The zero-order valence-corrected chi connectivity index (χ0v) is 12.1. The summed E-state index contributed by atoms with van der Waals surface area (Å²) in [5.41, 5.74) is 0.959. The van der Waals surface area contributed by atoms with Crippen molar-refractivity contribution in [1.82, 2.24) is 0 Å². The van der Waals surface area contributed by atoms with E-state index in [1.807, 2.05) is 0 Å². The number of hydrogen-bond acceptors (Lipinski definition) is 4. The molecule has 5 nitrogen and oxygen atoms in total. The van der Waals surface area contributed by atoms with Crippen LogP contribution in [0.5, 0.6) is 5.75 Å². The van der Waals surface area contributed by atoms with E-state index in [1.165, 1.54) is 55.6 Å². The van der Waals surface area contributed by atoms with E-state index in [0.29, 0.717) is 11.3 Å². The number of alkyl halides is 2. The number of nitrogens with one attached hydrogen (secondary N) is 1. The lowest BCUT2D eigenvalue weighted by atomic mass is 10.1. The lowest BCUT2D eigenvalue weighted by molar-refractivity contribution is -0.0498. The van der Waals surface area contributed by atoms with E-state index in [1.54, 1.807) is 0 Å². The molecule has 120 valence electrons. The van der Waals surface area contributed by atoms with Gasteiger partial charge in [0.05, 0.1) is 12.7 Å². The Labute approximate surface area is 130 Å². The number of rotatable bonds is 5. The molecular formula is C16H13F2NO4. The van der Waals surface area contributed by atoms with Gasteiger partial charge in [-0.2, -0.15) is 8.78 Å². The number of ether oxygens (including phenoxy) is 2. The highest BCUT2D eigenvalue weighted by molar-refractivity contribution is 6.04. The molecule has 0 fully saturated rings. The van der Waals surface area contributed by atoms with Crippen LogP contribution in [0.2, 0.25) is 0 Å². The van der Waals surface area contributed by atoms with E-state index < -0.39 is 18.5 Å². The molecule has 0 saturated carbocycles. The predicted octanol–water partition coefficient (Wildman–Crippen LogP) is 3.33. The van der Waals surface area contributed by atoms with Crippen LogP contribution in [0.1, 0.15) is 20.7 Å². The second-order valence-electron chi connectivity index (χ2n) is 4.43. The summed E-state index contributed by atoms with van der Waals surface area (Å²) in [4.78, 5) is 23.4. The first-order valence-electron chi connectivity index (χ1n) is 6.54. The van der Waals surface area contributed by atoms with Crippen LogP contribution >= 0.6 is 0 Å². The molecule has 0 saturated heterocycles. The van der Waals surface area contributed by atoms with Crippen molar-refractivity contribution in [2.24, 2.45) is 0 Å². The Bertz CT molecular complexity index is 701. The summed E-state index contributed by atoms with van der Waals surface area (Å²) in [5, 5.41) is 2.59. The molecule has 2 aromatic carbocycles. The predicted molar refractivity (Wildman–Crippen MR) is 78.8 cm³/mol. The Hall–Kier alpha value is -2.96. The van der Waals surface area contributed by atoms with Crippen LogP contribution in [-0.2, 0) is 4.74 Å². The van der Waals surface area contributed by atoms with Crippen molar-refractivity contribution >= 4 is 17.6 Å². The van der Waals surface area contributed by atoms with Gasteiger partial charge in [-0.1, -0.05) is 6.07 Å². The topological polar surface area (TPSA) is 64.6 Å². The molecule has 7 heteroatoms. The highest BCUT2D eigenvalue weighted by Gasteiger charge is 2.10. The van der Waals surface area contributed by atoms with Gasteiger partial charge in [0.2, 0.25) is 0 Å². The highest BCUT2D eigenvalue weighted by Crippen LogP contribution is 2.17. The lowest BCUT2D eigenvalue weighted by Gasteiger charge is -2.08. The van der Waals surface area contributed by atoms with E-state index in [0.717, 1.165) is 0 Å². The molecule has 1 N–H and O–H groups in total. The molecule has 23 heavy (non-hydrogen) atoms. The average molecular weight is 321 g/mol. The quantitative estimate of drug-likeness (QED) is 0.858. The standard InChI is InChI=1S/C16H13F2NO4/c1-22-15(21)10-5-7-12(8-6-10)19-14(20)11-3-2-4-13(9-11)23-16(17)18/h2-9,16H,1H3,(H,19,20).